The minimum absolute atomic E-state index is 0.0816. The van der Waals surface area contributed by atoms with Gasteiger partial charge in [0.1, 0.15) is 5.92 Å². The van der Waals surface area contributed by atoms with Crippen LogP contribution >= 0.6 is 0 Å². The predicted molar refractivity (Wildman–Crippen MR) is 62.0 cm³/mol. The van der Waals surface area contributed by atoms with Crippen molar-refractivity contribution in [1.82, 2.24) is 4.90 Å². The van der Waals surface area contributed by atoms with E-state index in [4.69, 9.17) is 0 Å². The first-order valence-corrected chi connectivity index (χ1v) is 5.76. The molecule has 0 bridgehead atoms. The molecule has 0 aliphatic carbocycles. The molecule has 1 aliphatic rings. The third-order valence-corrected chi connectivity index (χ3v) is 3.25. The Bertz CT molecular complexity index is 414. The van der Waals surface area contributed by atoms with Gasteiger partial charge in [-0.25, -0.2) is 8.78 Å². The van der Waals surface area contributed by atoms with Gasteiger partial charge in [-0.15, -0.1) is 0 Å². The maximum atomic E-state index is 12.7. The van der Waals surface area contributed by atoms with E-state index in [1.165, 1.54) is 0 Å². The zero-order valence-corrected chi connectivity index (χ0v) is 9.71. The minimum Gasteiger partial charge on any atom is -0.292 e. The van der Waals surface area contributed by atoms with E-state index in [0.717, 1.165) is 5.56 Å². The topological polar surface area (TPSA) is 46.4 Å². The highest BCUT2D eigenvalue weighted by atomic mass is 19.3. The van der Waals surface area contributed by atoms with Crippen molar-refractivity contribution in [3.63, 3.8) is 0 Å². The Balaban J connectivity index is 2.03. The summed E-state index contributed by atoms with van der Waals surface area (Å²) in [5.74, 6) is -1.16. The number of alkyl halides is 2. The lowest BCUT2D eigenvalue weighted by molar-refractivity contribution is -0.528. The molecule has 0 spiro atoms. The fraction of sp³-hybridized carbons (Fsp3) is 0.500. The number of halogens is 2. The molecule has 0 radical (unpaired) electrons. The maximum Gasteiger partial charge on any atom is 0.249 e. The van der Waals surface area contributed by atoms with Gasteiger partial charge < -0.3 is 0 Å². The number of likely N-dealkylation sites (tertiary alicyclic amines) is 1. The molecule has 1 aromatic rings. The van der Waals surface area contributed by atoms with Gasteiger partial charge in [0, 0.05) is 18.0 Å². The Hall–Kier alpha value is -1.56. The molecular weight excluding hydrogens is 242 g/mol. The largest absolute Gasteiger partial charge is 0.292 e. The molecule has 1 heterocycles. The number of benzene rings is 1. The van der Waals surface area contributed by atoms with Gasteiger partial charge in [-0.3, -0.25) is 15.0 Å². The maximum absolute atomic E-state index is 12.7. The second kappa shape index (κ2) is 5.39. The first-order chi connectivity index (χ1) is 8.58. The van der Waals surface area contributed by atoms with Crippen LogP contribution in [0.4, 0.5) is 8.78 Å². The lowest BCUT2D eigenvalue weighted by atomic mass is 10.1. The van der Waals surface area contributed by atoms with E-state index in [-0.39, 0.29) is 13.1 Å². The summed E-state index contributed by atoms with van der Waals surface area (Å²) in [4.78, 5) is 11.9. The van der Waals surface area contributed by atoms with Crippen LogP contribution in [-0.4, -0.2) is 35.4 Å². The van der Waals surface area contributed by atoms with Gasteiger partial charge in [-0.05, 0) is 5.56 Å². The molecule has 1 aliphatic heterocycles. The molecule has 1 fully saturated rings. The van der Waals surface area contributed by atoms with Crippen LogP contribution in [0.5, 0.6) is 0 Å². The fourth-order valence-electron chi connectivity index (χ4n) is 2.34. The van der Waals surface area contributed by atoms with Gasteiger partial charge in [0.05, 0.1) is 6.54 Å². The molecule has 6 heteroatoms. The smallest absolute Gasteiger partial charge is 0.249 e. The van der Waals surface area contributed by atoms with E-state index in [1.54, 1.807) is 4.90 Å². The van der Waals surface area contributed by atoms with Crippen LogP contribution in [0.25, 0.3) is 0 Å². The van der Waals surface area contributed by atoms with Crippen molar-refractivity contribution in [1.29, 1.82) is 0 Å². The summed E-state index contributed by atoms with van der Waals surface area (Å²) in [6.07, 6.45) is -2.64. The minimum atomic E-state index is -2.64. The van der Waals surface area contributed by atoms with Crippen molar-refractivity contribution in [3.8, 4) is 0 Å². The van der Waals surface area contributed by atoms with Gasteiger partial charge >= 0.3 is 0 Å². The molecule has 18 heavy (non-hydrogen) atoms. The van der Waals surface area contributed by atoms with Crippen molar-refractivity contribution in [3.05, 3.63) is 46.0 Å². The summed E-state index contributed by atoms with van der Waals surface area (Å²) in [6.45, 7) is 0.656. The van der Waals surface area contributed by atoms with Crippen LogP contribution in [-0.2, 0) is 6.54 Å². The van der Waals surface area contributed by atoms with Crippen LogP contribution in [0, 0.1) is 16.0 Å². The van der Waals surface area contributed by atoms with Crippen LogP contribution in [0.1, 0.15) is 5.56 Å². The van der Waals surface area contributed by atoms with Crippen LogP contribution in [0.2, 0.25) is 0 Å². The van der Waals surface area contributed by atoms with Gasteiger partial charge in [-0.2, -0.15) is 0 Å². The SMILES string of the molecule is O=[N+]([O-])[C@H]1CN(Cc2ccccc2)C[C@@H]1C(F)F. The van der Waals surface area contributed by atoms with E-state index in [0.29, 0.717) is 6.54 Å². The summed E-state index contributed by atoms with van der Waals surface area (Å²) < 4.78 is 25.5. The zero-order chi connectivity index (χ0) is 13.1. The van der Waals surface area contributed by atoms with Crippen molar-refractivity contribution in [2.75, 3.05) is 13.1 Å². The molecule has 0 N–H and O–H groups in total. The van der Waals surface area contributed by atoms with Crippen molar-refractivity contribution >= 4 is 0 Å². The van der Waals surface area contributed by atoms with Gasteiger partial charge in [0.25, 0.3) is 0 Å². The fourth-order valence-corrected chi connectivity index (χ4v) is 2.34. The van der Waals surface area contributed by atoms with Gasteiger partial charge in [-0.1, -0.05) is 30.3 Å². The highest BCUT2D eigenvalue weighted by Crippen LogP contribution is 2.26. The molecule has 4 nitrogen and oxygen atoms in total. The lowest BCUT2D eigenvalue weighted by Crippen LogP contribution is -2.32. The standard InChI is InChI=1S/C12H14F2N2O2/c13-12(14)10-7-15(8-11(10)16(17)18)6-9-4-2-1-3-5-9/h1-5,10-12H,6-8H2/t10-,11-/m0/s1. The summed E-state index contributed by atoms with van der Waals surface area (Å²) >= 11 is 0. The molecule has 1 aromatic carbocycles. The molecule has 1 saturated heterocycles. The lowest BCUT2D eigenvalue weighted by Gasteiger charge is -2.14. The summed E-state index contributed by atoms with van der Waals surface area (Å²) in [6, 6.07) is 8.21. The highest BCUT2D eigenvalue weighted by Gasteiger charge is 2.45. The molecule has 0 unspecified atom stereocenters. The average Bonchev–Trinajstić information content (AvgIpc) is 2.74. The molecule has 2 atom stereocenters. The summed E-state index contributed by atoms with van der Waals surface area (Å²) in [5, 5.41) is 10.8. The van der Waals surface area contributed by atoms with Gasteiger partial charge in [0.15, 0.2) is 0 Å². The Morgan fingerprint density at radius 3 is 2.50 bits per heavy atom. The van der Waals surface area contributed by atoms with Crippen LogP contribution < -0.4 is 0 Å². The molecular formula is C12H14F2N2O2. The monoisotopic (exact) mass is 256 g/mol. The molecule has 0 amide bonds. The van der Waals surface area contributed by atoms with E-state index in [2.05, 4.69) is 0 Å². The number of hydrogen-bond acceptors (Lipinski definition) is 3. The first-order valence-electron chi connectivity index (χ1n) is 5.76. The van der Waals surface area contributed by atoms with E-state index in [9.17, 15) is 18.9 Å². The number of nitrogens with zero attached hydrogens (tertiary/aromatic N) is 2. The molecule has 0 saturated carbocycles. The number of nitro groups is 1. The van der Waals surface area contributed by atoms with E-state index >= 15 is 0 Å². The summed E-state index contributed by atoms with van der Waals surface area (Å²) in [5.41, 5.74) is 0.981. The Labute approximate surface area is 103 Å². The Morgan fingerprint density at radius 1 is 1.33 bits per heavy atom. The molecule has 98 valence electrons. The second-order valence-electron chi connectivity index (χ2n) is 4.53. The average molecular weight is 256 g/mol. The highest BCUT2D eigenvalue weighted by molar-refractivity contribution is 5.14. The van der Waals surface area contributed by atoms with E-state index < -0.39 is 23.3 Å². The molecule has 2 rings (SSSR count). The van der Waals surface area contributed by atoms with Crippen molar-refractivity contribution < 1.29 is 13.7 Å². The van der Waals surface area contributed by atoms with E-state index in [1.807, 2.05) is 30.3 Å². The summed E-state index contributed by atoms with van der Waals surface area (Å²) in [7, 11) is 0. The van der Waals surface area contributed by atoms with Crippen LogP contribution in [0.3, 0.4) is 0 Å². The third kappa shape index (κ3) is 2.81. The Kier molecular flexibility index (Phi) is 3.86. The van der Waals surface area contributed by atoms with Crippen LogP contribution in [0.15, 0.2) is 30.3 Å². The molecule has 0 aromatic heterocycles. The number of rotatable bonds is 4. The Morgan fingerprint density at radius 2 is 2.00 bits per heavy atom. The normalized spacial score (nSPS) is 24.6. The second-order valence-corrected chi connectivity index (χ2v) is 4.53. The number of hydrogen-bond donors (Lipinski definition) is 0. The van der Waals surface area contributed by atoms with Crippen molar-refractivity contribution in [2.24, 2.45) is 5.92 Å². The quantitative estimate of drug-likeness (QED) is 0.611. The van der Waals surface area contributed by atoms with Crippen molar-refractivity contribution in [2.45, 2.75) is 19.0 Å². The third-order valence-electron chi connectivity index (χ3n) is 3.25. The zero-order valence-electron chi connectivity index (χ0n) is 9.71. The predicted octanol–water partition coefficient (Wildman–Crippen LogP) is 2.03. The first kappa shape index (κ1) is 12.9. The van der Waals surface area contributed by atoms with Gasteiger partial charge in [0.2, 0.25) is 12.5 Å².